The summed E-state index contributed by atoms with van der Waals surface area (Å²) in [5, 5.41) is 10.9. The molecule has 26 heavy (non-hydrogen) atoms. The summed E-state index contributed by atoms with van der Waals surface area (Å²) >= 11 is 0. The number of nitro benzene ring substituents is 1. The largest absolute Gasteiger partial charge is 0.495 e. The van der Waals surface area contributed by atoms with Crippen LogP contribution in [-0.4, -0.2) is 39.7 Å². The molecule has 0 saturated carbocycles. The van der Waals surface area contributed by atoms with Crippen molar-refractivity contribution in [2.75, 3.05) is 20.3 Å². The third-order valence-corrected chi connectivity index (χ3v) is 5.16. The highest BCUT2D eigenvalue weighted by Gasteiger charge is 2.26. The summed E-state index contributed by atoms with van der Waals surface area (Å²) in [5.41, 5.74) is -0.350. The normalized spacial score (nSPS) is 16.1. The number of hydrogen-bond donors (Lipinski definition) is 1. The highest BCUT2D eigenvalue weighted by Crippen LogP contribution is 2.31. The third-order valence-electron chi connectivity index (χ3n) is 3.72. The number of nitrogens with zero attached hydrogens (tertiary/aromatic N) is 1. The second kappa shape index (κ2) is 7.18. The average molecular weight is 380 g/mol. The molecule has 0 bridgehead atoms. The number of methoxy groups -OCH3 is 1. The number of fused-ring (bicyclic) bond motifs is 1. The molecule has 3 rings (SSSR count). The van der Waals surface area contributed by atoms with Gasteiger partial charge in [-0.3, -0.25) is 10.1 Å². The molecule has 0 spiro atoms. The van der Waals surface area contributed by atoms with Gasteiger partial charge in [-0.05, 0) is 18.2 Å². The predicted octanol–water partition coefficient (Wildman–Crippen LogP) is 1.72. The van der Waals surface area contributed by atoms with E-state index < -0.39 is 21.1 Å². The Bertz CT molecular complexity index is 930. The van der Waals surface area contributed by atoms with Gasteiger partial charge in [0, 0.05) is 12.1 Å². The van der Waals surface area contributed by atoms with Crippen LogP contribution in [0.4, 0.5) is 5.69 Å². The summed E-state index contributed by atoms with van der Waals surface area (Å²) in [4.78, 5) is 9.93. The molecule has 0 aromatic heterocycles. The smallest absolute Gasteiger partial charge is 0.271 e. The molecule has 0 aliphatic carbocycles. The first-order valence-electron chi connectivity index (χ1n) is 7.61. The minimum absolute atomic E-state index is 0.00857. The Balaban J connectivity index is 1.76. The molecule has 1 aliphatic heterocycles. The first-order chi connectivity index (χ1) is 12.4. The fourth-order valence-corrected chi connectivity index (χ4v) is 3.69. The Morgan fingerprint density at radius 2 is 2.00 bits per heavy atom. The molecular formula is C16H16N2O7S. The zero-order chi connectivity index (χ0) is 18.7. The summed E-state index contributed by atoms with van der Waals surface area (Å²) in [7, 11) is -2.76. The lowest BCUT2D eigenvalue weighted by Crippen LogP contribution is -2.40. The van der Waals surface area contributed by atoms with Crippen LogP contribution in [-0.2, 0) is 10.0 Å². The van der Waals surface area contributed by atoms with E-state index in [1.54, 1.807) is 24.3 Å². The lowest BCUT2D eigenvalue weighted by Gasteiger charge is -2.26. The van der Waals surface area contributed by atoms with Crippen molar-refractivity contribution in [2.45, 2.75) is 11.0 Å². The summed E-state index contributed by atoms with van der Waals surface area (Å²) in [6.07, 6.45) is -0.538. The van der Waals surface area contributed by atoms with Gasteiger partial charge in [-0.25, -0.2) is 13.1 Å². The molecule has 1 N–H and O–H groups in total. The van der Waals surface area contributed by atoms with Crippen LogP contribution in [0.3, 0.4) is 0 Å². The van der Waals surface area contributed by atoms with Crippen LogP contribution in [0.25, 0.3) is 0 Å². The molecule has 10 heteroatoms. The molecule has 1 atom stereocenters. The van der Waals surface area contributed by atoms with Gasteiger partial charge in [0.05, 0.1) is 18.6 Å². The van der Waals surface area contributed by atoms with E-state index in [0.717, 1.165) is 6.07 Å². The van der Waals surface area contributed by atoms with E-state index >= 15 is 0 Å². The lowest BCUT2D eigenvalue weighted by molar-refractivity contribution is -0.385. The van der Waals surface area contributed by atoms with Crippen LogP contribution in [0.1, 0.15) is 0 Å². The Morgan fingerprint density at radius 1 is 1.27 bits per heavy atom. The zero-order valence-corrected chi connectivity index (χ0v) is 14.6. The fraction of sp³-hybridized carbons (Fsp3) is 0.250. The first kappa shape index (κ1) is 18.0. The summed E-state index contributed by atoms with van der Waals surface area (Å²) in [6, 6.07) is 10.4. The SMILES string of the molecule is COc1ccc([N+](=O)[O-])cc1S(=O)(=O)NCC1COc2ccccc2O1. The third kappa shape index (κ3) is 3.70. The monoisotopic (exact) mass is 380 g/mol. The highest BCUT2D eigenvalue weighted by atomic mass is 32.2. The number of benzene rings is 2. The molecule has 0 saturated heterocycles. The number of non-ortho nitro benzene ring substituents is 1. The van der Waals surface area contributed by atoms with Gasteiger partial charge in [-0.15, -0.1) is 0 Å². The second-order valence-electron chi connectivity index (χ2n) is 5.44. The summed E-state index contributed by atoms with van der Waals surface area (Å²) in [5.74, 6) is 1.12. The minimum Gasteiger partial charge on any atom is -0.495 e. The Hall–Kier alpha value is -2.85. The van der Waals surface area contributed by atoms with Crippen LogP contribution >= 0.6 is 0 Å². The van der Waals surface area contributed by atoms with E-state index in [-0.39, 0.29) is 29.5 Å². The molecule has 1 heterocycles. The molecule has 1 unspecified atom stereocenters. The molecular weight excluding hydrogens is 364 g/mol. The van der Waals surface area contributed by atoms with Gasteiger partial charge in [0.25, 0.3) is 5.69 Å². The van der Waals surface area contributed by atoms with Crippen LogP contribution in [0.5, 0.6) is 17.2 Å². The Kier molecular flexibility index (Phi) is 4.96. The lowest BCUT2D eigenvalue weighted by atomic mass is 10.2. The van der Waals surface area contributed by atoms with Crippen molar-refractivity contribution in [3.8, 4) is 17.2 Å². The van der Waals surface area contributed by atoms with E-state index in [4.69, 9.17) is 14.2 Å². The molecule has 138 valence electrons. The molecule has 2 aromatic rings. The molecule has 9 nitrogen and oxygen atoms in total. The van der Waals surface area contributed by atoms with Gasteiger partial charge in [0.15, 0.2) is 11.5 Å². The van der Waals surface area contributed by atoms with E-state index in [1.165, 1.54) is 19.2 Å². The molecule has 0 fully saturated rings. The maximum atomic E-state index is 12.6. The van der Waals surface area contributed by atoms with Gasteiger partial charge in [-0.1, -0.05) is 12.1 Å². The maximum absolute atomic E-state index is 12.6. The van der Waals surface area contributed by atoms with E-state index in [2.05, 4.69) is 4.72 Å². The van der Waals surface area contributed by atoms with Crippen molar-refractivity contribution in [1.82, 2.24) is 4.72 Å². The maximum Gasteiger partial charge on any atom is 0.271 e. The molecule has 0 amide bonds. The number of nitro groups is 1. The fourth-order valence-electron chi connectivity index (χ4n) is 2.43. The van der Waals surface area contributed by atoms with Crippen molar-refractivity contribution < 1.29 is 27.6 Å². The van der Waals surface area contributed by atoms with Gasteiger partial charge < -0.3 is 14.2 Å². The summed E-state index contributed by atoms with van der Waals surface area (Å²) < 4.78 is 43.7. The van der Waals surface area contributed by atoms with Crippen LogP contribution in [0.2, 0.25) is 0 Å². The standard InChI is InChI=1S/C16H16N2O7S/c1-23-15-7-6-11(18(19)20)8-16(15)26(21,22)17-9-12-10-24-13-4-2-3-5-14(13)25-12/h2-8,12,17H,9-10H2,1H3. The summed E-state index contributed by atoms with van der Waals surface area (Å²) in [6.45, 7) is 0.105. The minimum atomic E-state index is -4.05. The number of rotatable bonds is 6. The van der Waals surface area contributed by atoms with Crippen molar-refractivity contribution >= 4 is 15.7 Å². The van der Waals surface area contributed by atoms with Crippen LogP contribution < -0.4 is 18.9 Å². The van der Waals surface area contributed by atoms with Crippen molar-refractivity contribution in [3.63, 3.8) is 0 Å². The van der Waals surface area contributed by atoms with Gasteiger partial charge in [0.2, 0.25) is 10.0 Å². The van der Waals surface area contributed by atoms with E-state index in [1.807, 2.05) is 0 Å². The Morgan fingerprint density at radius 3 is 2.69 bits per heavy atom. The topological polar surface area (TPSA) is 117 Å². The molecule has 0 radical (unpaired) electrons. The number of ether oxygens (including phenoxy) is 3. The van der Waals surface area contributed by atoms with Gasteiger partial charge in [-0.2, -0.15) is 0 Å². The van der Waals surface area contributed by atoms with Crippen molar-refractivity contribution in [2.24, 2.45) is 0 Å². The number of sulfonamides is 1. The van der Waals surface area contributed by atoms with E-state index in [0.29, 0.717) is 11.5 Å². The Labute approximate surface area is 149 Å². The van der Waals surface area contributed by atoms with Gasteiger partial charge >= 0.3 is 0 Å². The first-order valence-corrected chi connectivity index (χ1v) is 9.09. The number of nitrogens with one attached hydrogen (secondary N) is 1. The highest BCUT2D eigenvalue weighted by molar-refractivity contribution is 7.89. The van der Waals surface area contributed by atoms with Crippen LogP contribution in [0.15, 0.2) is 47.4 Å². The van der Waals surface area contributed by atoms with Crippen LogP contribution in [0, 0.1) is 10.1 Å². The van der Waals surface area contributed by atoms with Crippen molar-refractivity contribution in [3.05, 3.63) is 52.6 Å². The number of hydrogen-bond acceptors (Lipinski definition) is 7. The van der Waals surface area contributed by atoms with Crippen molar-refractivity contribution in [1.29, 1.82) is 0 Å². The average Bonchev–Trinajstić information content (AvgIpc) is 2.65. The zero-order valence-electron chi connectivity index (χ0n) is 13.7. The molecule has 2 aromatic carbocycles. The molecule has 1 aliphatic rings. The predicted molar refractivity (Wildman–Crippen MR) is 91.2 cm³/mol. The van der Waals surface area contributed by atoms with Gasteiger partial charge in [0.1, 0.15) is 23.4 Å². The quantitative estimate of drug-likeness (QED) is 0.599. The van der Waals surface area contributed by atoms with E-state index in [9.17, 15) is 18.5 Å². The number of para-hydroxylation sites is 2. The second-order valence-corrected chi connectivity index (χ2v) is 7.18.